The Morgan fingerprint density at radius 1 is 1.09 bits per heavy atom. The van der Waals surface area contributed by atoms with E-state index in [-0.39, 0.29) is 11.9 Å². The van der Waals surface area contributed by atoms with Gasteiger partial charge in [0.25, 0.3) is 0 Å². The number of rotatable bonds is 8. The van der Waals surface area contributed by atoms with Crippen LogP contribution in [-0.4, -0.2) is 52.7 Å². The number of hydrogen-bond acceptors (Lipinski definition) is 6. The van der Waals surface area contributed by atoms with E-state index in [4.69, 9.17) is 4.74 Å². The molecule has 32 heavy (non-hydrogen) atoms. The van der Waals surface area contributed by atoms with Gasteiger partial charge in [-0.25, -0.2) is 0 Å². The van der Waals surface area contributed by atoms with Gasteiger partial charge in [-0.05, 0) is 35.2 Å². The molecule has 0 radical (unpaired) electrons. The van der Waals surface area contributed by atoms with Gasteiger partial charge in [-0.15, -0.1) is 10.2 Å². The van der Waals surface area contributed by atoms with Gasteiger partial charge < -0.3 is 15.0 Å². The molecule has 8 heteroatoms. The van der Waals surface area contributed by atoms with E-state index >= 15 is 0 Å². The molecule has 0 spiro atoms. The number of nitrogens with zero attached hydrogens (tertiary/aromatic N) is 4. The SMILES string of the molecule is CC(C)Cn1c(SCC(=O)NC(C)c2ccc3ccccc3c2)nnc1N1CCOCC1. The highest BCUT2D eigenvalue weighted by Crippen LogP contribution is 2.25. The van der Waals surface area contributed by atoms with Gasteiger partial charge in [-0.3, -0.25) is 9.36 Å². The van der Waals surface area contributed by atoms with Crippen molar-refractivity contribution in [1.29, 1.82) is 0 Å². The second kappa shape index (κ2) is 10.4. The molecule has 1 amide bonds. The van der Waals surface area contributed by atoms with Crippen LogP contribution in [-0.2, 0) is 16.1 Å². The molecule has 1 N–H and O–H groups in total. The molecule has 1 aliphatic rings. The molecule has 1 aliphatic heterocycles. The first-order valence-corrected chi connectivity index (χ1v) is 12.2. The Kier molecular flexibility index (Phi) is 7.32. The van der Waals surface area contributed by atoms with Crippen molar-refractivity contribution in [3.05, 3.63) is 48.0 Å². The molecule has 170 valence electrons. The molecule has 0 bridgehead atoms. The number of anilines is 1. The molecular weight excluding hydrogens is 422 g/mol. The Morgan fingerprint density at radius 2 is 1.84 bits per heavy atom. The maximum Gasteiger partial charge on any atom is 0.230 e. The number of amides is 1. The number of morpholine rings is 1. The molecule has 7 nitrogen and oxygen atoms in total. The van der Waals surface area contributed by atoms with Crippen LogP contribution < -0.4 is 10.2 Å². The van der Waals surface area contributed by atoms with Crippen molar-refractivity contribution in [2.45, 2.75) is 38.5 Å². The van der Waals surface area contributed by atoms with Crippen molar-refractivity contribution in [3.8, 4) is 0 Å². The number of nitrogens with one attached hydrogen (secondary N) is 1. The van der Waals surface area contributed by atoms with Crippen LogP contribution in [0.1, 0.15) is 32.4 Å². The third kappa shape index (κ3) is 5.42. The van der Waals surface area contributed by atoms with Crippen LogP contribution in [0, 0.1) is 5.92 Å². The van der Waals surface area contributed by atoms with Gasteiger partial charge in [0.15, 0.2) is 5.16 Å². The van der Waals surface area contributed by atoms with Crippen LogP contribution in [0.2, 0.25) is 0 Å². The molecule has 3 aromatic rings. The Labute approximate surface area is 193 Å². The van der Waals surface area contributed by atoms with Crippen LogP contribution in [0.25, 0.3) is 10.8 Å². The molecule has 1 aromatic heterocycles. The summed E-state index contributed by atoms with van der Waals surface area (Å²) in [7, 11) is 0. The van der Waals surface area contributed by atoms with Crippen LogP contribution in [0.3, 0.4) is 0 Å². The van der Waals surface area contributed by atoms with Gasteiger partial charge in [-0.2, -0.15) is 0 Å². The number of ether oxygens (including phenoxy) is 1. The van der Waals surface area contributed by atoms with Crippen molar-refractivity contribution in [2.24, 2.45) is 5.92 Å². The van der Waals surface area contributed by atoms with Crippen molar-refractivity contribution in [2.75, 3.05) is 37.0 Å². The van der Waals surface area contributed by atoms with Crippen LogP contribution in [0.5, 0.6) is 0 Å². The van der Waals surface area contributed by atoms with Gasteiger partial charge in [0.05, 0.1) is 25.0 Å². The minimum atomic E-state index is -0.0647. The maximum atomic E-state index is 12.7. The van der Waals surface area contributed by atoms with Crippen LogP contribution in [0.15, 0.2) is 47.6 Å². The van der Waals surface area contributed by atoms with Crippen molar-refractivity contribution in [3.63, 3.8) is 0 Å². The van der Waals surface area contributed by atoms with Crippen molar-refractivity contribution < 1.29 is 9.53 Å². The van der Waals surface area contributed by atoms with Gasteiger partial charge >= 0.3 is 0 Å². The number of benzene rings is 2. The summed E-state index contributed by atoms with van der Waals surface area (Å²) >= 11 is 1.44. The topological polar surface area (TPSA) is 72.3 Å². The predicted octanol–water partition coefficient (Wildman–Crippen LogP) is 3.89. The number of carbonyl (C=O) groups is 1. The highest BCUT2D eigenvalue weighted by molar-refractivity contribution is 7.99. The average Bonchev–Trinajstić information content (AvgIpc) is 3.19. The summed E-state index contributed by atoms with van der Waals surface area (Å²) in [5.74, 6) is 1.61. The van der Waals surface area contributed by atoms with Crippen molar-refractivity contribution in [1.82, 2.24) is 20.1 Å². The zero-order valence-electron chi connectivity index (χ0n) is 19.0. The summed E-state index contributed by atoms with van der Waals surface area (Å²) in [5.41, 5.74) is 1.10. The molecule has 1 fully saturated rings. The third-order valence-corrected chi connectivity index (χ3v) is 6.49. The minimum absolute atomic E-state index is 0.0114. The largest absolute Gasteiger partial charge is 0.378 e. The zero-order chi connectivity index (χ0) is 22.5. The molecule has 1 saturated heterocycles. The van der Waals surface area contributed by atoms with Gasteiger partial charge in [0.2, 0.25) is 11.9 Å². The molecule has 2 heterocycles. The van der Waals surface area contributed by atoms with Gasteiger partial charge in [0.1, 0.15) is 0 Å². The summed E-state index contributed by atoms with van der Waals surface area (Å²) in [5, 5.41) is 15.1. The average molecular weight is 454 g/mol. The van der Waals surface area contributed by atoms with E-state index < -0.39 is 0 Å². The van der Waals surface area contributed by atoms with E-state index in [1.807, 2.05) is 19.1 Å². The molecule has 0 saturated carbocycles. The fourth-order valence-corrected chi connectivity index (χ4v) is 4.64. The lowest BCUT2D eigenvalue weighted by Crippen LogP contribution is -2.38. The number of fused-ring (bicyclic) bond motifs is 1. The summed E-state index contributed by atoms with van der Waals surface area (Å²) < 4.78 is 7.61. The van der Waals surface area contributed by atoms with E-state index in [0.717, 1.165) is 36.3 Å². The molecule has 1 atom stereocenters. The quantitative estimate of drug-likeness (QED) is 0.522. The van der Waals surface area contributed by atoms with Gasteiger partial charge in [0, 0.05) is 19.6 Å². The lowest BCUT2D eigenvalue weighted by atomic mass is 10.0. The zero-order valence-corrected chi connectivity index (χ0v) is 19.8. The third-order valence-electron chi connectivity index (χ3n) is 5.52. The summed E-state index contributed by atoms with van der Waals surface area (Å²) in [6.07, 6.45) is 0. The monoisotopic (exact) mass is 453 g/mol. The fourth-order valence-electron chi connectivity index (χ4n) is 3.88. The predicted molar refractivity (Wildman–Crippen MR) is 129 cm³/mol. The Balaban J connectivity index is 1.39. The summed E-state index contributed by atoms with van der Waals surface area (Å²) in [4.78, 5) is 14.9. The Morgan fingerprint density at radius 3 is 2.59 bits per heavy atom. The van der Waals surface area contributed by atoms with Crippen LogP contribution >= 0.6 is 11.8 Å². The first-order valence-electron chi connectivity index (χ1n) is 11.2. The van der Waals surface area contributed by atoms with E-state index in [1.54, 1.807) is 0 Å². The minimum Gasteiger partial charge on any atom is -0.378 e. The Hall–Kier alpha value is -2.58. The van der Waals surface area contributed by atoms with E-state index in [0.29, 0.717) is 24.9 Å². The van der Waals surface area contributed by atoms with E-state index in [1.165, 1.54) is 22.5 Å². The normalized spacial score (nSPS) is 15.3. The first-order chi connectivity index (χ1) is 15.5. The van der Waals surface area contributed by atoms with E-state index in [9.17, 15) is 4.79 Å². The number of thioether (sulfide) groups is 1. The van der Waals surface area contributed by atoms with Crippen LogP contribution in [0.4, 0.5) is 5.95 Å². The summed E-state index contributed by atoms with van der Waals surface area (Å²) in [6.45, 7) is 10.2. The van der Waals surface area contributed by atoms with Gasteiger partial charge in [-0.1, -0.05) is 62.0 Å². The maximum absolute atomic E-state index is 12.7. The fraction of sp³-hybridized carbons (Fsp3) is 0.458. The smallest absolute Gasteiger partial charge is 0.230 e. The lowest BCUT2D eigenvalue weighted by molar-refractivity contribution is -0.119. The number of carbonyl (C=O) groups excluding carboxylic acids is 1. The molecule has 4 rings (SSSR count). The highest BCUT2D eigenvalue weighted by Gasteiger charge is 2.22. The second-order valence-corrected chi connectivity index (χ2v) is 9.51. The first kappa shape index (κ1) is 22.6. The molecule has 0 aliphatic carbocycles. The Bertz CT molecular complexity index is 1060. The highest BCUT2D eigenvalue weighted by atomic mass is 32.2. The standard InChI is InChI=1S/C24H31N5O2S/c1-17(2)15-29-23(28-10-12-31-13-11-28)26-27-24(29)32-16-22(30)25-18(3)20-9-8-19-6-4-5-7-21(19)14-20/h4-9,14,17-18H,10-13,15-16H2,1-3H3,(H,25,30). The molecule has 2 aromatic carbocycles. The summed E-state index contributed by atoms with van der Waals surface area (Å²) in [6, 6.07) is 14.5. The molecule has 1 unspecified atom stereocenters. The molecular formula is C24H31N5O2S. The lowest BCUT2D eigenvalue weighted by Gasteiger charge is -2.28. The van der Waals surface area contributed by atoms with E-state index in [2.05, 4.69) is 69.2 Å². The number of hydrogen-bond donors (Lipinski definition) is 1. The van der Waals surface area contributed by atoms with Crippen molar-refractivity contribution >= 4 is 34.4 Å². The second-order valence-electron chi connectivity index (χ2n) is 8.57. The number of aromatic nitrogens is 3.